The number of fused-ring (bicyclic) bond motifs is 1. The van der Waals surface area contributed by atoms with Crippen LogP contribution in [0.4, 0.5) is 5.69 Å². The quantitative estimate of drug-likeness (QED) is 0.843. The van der Waals surface area contributed by atoms with E-state index in [0.717, 1.165) is 49.5 Å². The van der Waals surface area contributed by atoms with Crippen molar-refractivity contribution in [3.8, 4) is 0 Å². The number of anilines is 1. The zero-order chi connectivity index (χ0) is 11.5. The molecule has 0 spiro atoms. The Bertz CT molecular complexity index is 488. The van der Waals surface area contributed by atoms with Crippen molar-refractivity contribution in [2.75, 3.05) is 38.2 Å². The van der Waals surface area contributed by atoms with Gasteiger partial charge in [-0.1, -0.05) is 12.1 Å². The van der Waals surface area contributed by atoms with E-state index in [2.05, 4.69) is 21.6 Å². The zero-order valence-corrected chi connectivity index (χ0v) is 9.78. The topological polar surface area (TPSA) is 40.4 Å². The van der Waals surface area contributed by atoms with Crippen LogP contribution < -0.4 is 10.6 Å². The molecule has 1 aliphatic rings. The van der Waals surface area contributed by atoms with Gasteiger partial charge in [0, 0.05) is 31.6 Å². The number of hydrogen-bond donors (Lipinski definition) is 2. The molecular weight excluding hydrogens is 214 g/mol. The second kappa shape index (κ2) is 4.77. The van der Waals surface area contributed by atoms with Gasteiger partial charge in [-0.15, -0.1) is 0 Å². The van der Waals surface area contributed by atoms with E-state index in [9.17, 15) is 0 Å². The van der Waals surface area contributed by atoms with Gasteiger partial charge in [-0.05, 0) is 12.1 Å². The largest absolute Gasteiger partial charge is 0.462 e. The number of benzene rings is 1. The first-order valence-corrected chi connectivity index (χ1v) is 6.07. The molecule has 1 saturated heterocycles. The van der Waals surface area contributed by atoms with Crippen molar-refractivity contribution in [3.63, 3.8) is 0 Å². The molecule has 90 valence electrons. The van der Waals surface area contributed by atoms with Crippen molar-refractivity contribution in [1.29, 1.82) is 0 Å². The minimum atomic E-state index is 0.880. The Morgan fingerprint density at radius 3 is 2.94 bits per heavy atom. The molecule has 0 atom stereocenters. The van der Waals surface area contributed by atoms with Gasteiger partial charge in [0.05, 0.1) is 12.4 Å². The van der Waals surface area contributed by atoms with E-state index in [1.54, 1.807) is 6.26 Å². The van der Waals surface area contributed by atoms with Crippen molar-refractivity contribution in [1.82, 2.24) is 10.2 Å². The molecule has 0 bridgehead atoms. The van der Waals surface area contributed by atoms with Crippen molar-refractivity contribution in [2.45, 2.75) is 0 Å². The van der Waals surface area contributed by atoms with Gasteiger partial charge >= 0.3 is 0 Å². The van der Waals surface area contributed by atoms with E-state index in [1.165, 1.54) is 0 Å². The number of nitrogens with zero attached hydrogens (tertiary/aromatic N) is 1. The molecule has 1 aromatic heterocycles. The monoisotopic (exact) mass is 231 g/mol. The van der Waals surface area contributed by atoms with Crippen LogP contribution in [0.25, 0.3) is 11.0 Å². The van der Waals surface area contributed by atoms with Crippen molar-refractivity contribution in [2.24, 2.45) is 0 Å². The molecule has 0 amide bonds. The molecule has 2 N–H and O–H groups in total. The van der Waals surface area contributed by atoms with E-state index in [-0.39, 0.29) is 0 Å². The lowest BCUT2D eigenvalue weighted by Crippen LogP contribution is -2.45. The molecule has 0 unspecified atom stereocenters. The summed E-state index contributed by atoms with van der Waals surface area (Å²) >= 11 is 0. The Kier molecular flexibility index (Phi) is 2.98. The van der Waals surface area contributed by atoms with E-state index < -0.39 is 0 Å². The highest BCUT2D eigenvalue weighted by molar-refractivity contribution is 5.90. The normalized spacial score (nSPS) is 17.4. The van der Waals surface area contributed by atoms with Crippen LogP contribution in [0.15, 0.2) is 34.9 Å². The maximum Gasteiger partial charge on any atom is 0.136 e. The number of furan rings is 1. The van der Waals surface area contributed by atoms with Gasteiger partial charge in [0.2, 0.25) is 0 Å². The van der Waals surface area contributed by atoms with Gasteiger partial charge in [-0.3, -0.25) is 4.90 Å². The lowest BCUT2D eigenvalue weighted by atomic mass is 10.2. The summed E-state index contributed by atoms with van der Waals surface area (Å²) in [5, 5.41) is 7.95. The Morgan fingerprint density at radius 2 is 2.06 bits per heavy atom. The lowest BCUT2D eigenvalue weighted by Gasteiger charge is -2.27. The van der Waals surface area contributed by atoms with Crippen LogP contribution in [0.2, 0.25) is 0 Å². The molecule has 2 aromatic rings. The van der Waals surface area contributed by atoms with Gasteiger partial charge in [0.25, 0.3) is 0 Å². The third kappa shape index (κ3) is 2.28. The third-order valence-corrected chi connectivity index (χ3v) is 3.18. The molecule has 1 aliphatic heterocycles. The Morgan fingerprint density at radius 1 is 1.24 bits per heavy atom. The number of piperazine rings is 1. The summed E-state index contributed by atoms with van der Waals surface area (Å²) in [5.74, 6) is 0. The summed E-state index contributed by atoms with van der Waals surface area (Å²) in [7, 11) is 0. The first-order chi connectivity index (χ1) is 8.43. The number of nitrogens with one attached hydrogen (secondary N) is 2. The first-order valence-electron chi connectivity index (χ1n) is 6.07. The van der Waals surface area contributed by atoms with Gasteiger partial charge in [0.1, 0.15) is 11.8 Å². The van der Waals surface area contributed by atoms with Gasteiger partial charge in [0.15, 0.2) is 0 Å². The third-order valence-electron chi connectivity index (χ3n) is 3.18. The molecular formula is C13H17N3O. The summed E-state index contributed by atoms with van der Waals surface area (Å²) in [4.78, 5) is 2.40. The predicted octanol–water partition coefficient (Wildman–Crippen LogP) is 1.71. The molecule has 4 heteroatoms. The molecule has 3 rings (SSSR count). The fourth-order valence-electron chi connectivity index (χ4n) is 2.18. The lowest BCUT2D eigenvalue weighted by molar-refractivity contribution is 0.256. The van der Waals surface area contributed by atoms with E-state index in [1.807, 2.05) is 18.2 Å². The smallest absolute Gasteiger partial charge is 0.136 e. The highest BCUT2D eigenvalue weighted by Crippen LogP contribution is 2.25. The molecule has 2 heterocycles. The van der Waals surface area contributed by atoms with Crippen molar-refractivity contribution < 1.29 is 4.42 Å². The minimum absolute atomic E-state index is 0.880. The van der Waals surface area contributed by atoms with Gasteiger partial charge < -0.3 is 15.1 Å². The zero-order valence-electron chi connectivity index (χ0n) is 9.78. The van der Waals surface area contributed by atoms with Crippen LogP contribution in [0.5, 0.6) is 0 Å². The minimum Gasteiger partial charge on any atom is -0.462 e. The second-order valence-electron chi connectivity index (χ2n) is 4.35. The molecule has 0 saturated carbocycles. The van der Waals surface area contributed by atoms with E-state index >= 15 is 0 Å². The van der Waals surface area contributed by atoms with Crippen LogP contribution in [-0.4, -0.2) is 37.7 Å². The first kappa shape index (κ1) is 10.6. The summed E-state index contributed by atoms with van der Waals surface area (Å²) in [6, 6.07) is 8.10. The standard InChI is InChI=1S/C13H17N3O/c1-2-4-13-11(3-1)12(9-17-13)15-10-16-7-5-14-6-8-16/h1-4,9,14-15H,5-8,10H2. The fraction of sp³-hybridized carbons (Fsp3) is 0.385. The Labute approximate surface area is 101 Å². The fourth-order valence-corrected chi connectivity index (χ4v) is 2.18. The average molecular weight is 231 g/mol. The van der Waals surface area contributed by atoms with Crippen LogP contribution >= 0.6 is 0 Å². The molecule has 0 aliphatic carbocycles. The van der Waals surface area contributed by atoms with Gasteiger partial charge in [-0.2, -0.15) is 0 Å². The number of rotatable bonds is 3. The van der Waals surface area contributed by atoms with E-state index in [4.69, 9.17) is 4.42 Å². The van der Waals surface area contributed by atoms with Crippen LogP contribution in [-0.2, 0) is 0 Å². The molecule has 1 aromatic carbocycles. The summed E-state index contributed by atoms with van der Waals surface area (Å²) in [6.07, 6.45) is 1.80. The molecule has 0 radical (unpaired) electrons. The SMILES string of the molecule is c1ccc2c(NCN3CCNCC3)coc2c1. The number of hydrogen-bond acceptors (Lipinski definition) is 4. The highest BCUT2D eigenvalue weighted by atomic mass is 16.3. The second-order valence-corrected chi connectivity index (χ2v) is 4.35. The highest BCUT2D eigenvalue weighted by Gasteiger charge is 2.10. The Hall–Kier alpha value is -1.52. The average Bonchev–Trinajstić information content (AvgIpc) is 2.81. The summed E-state index contributed by atoms with van der Waals surface area (Å²) in [5.41, 5.74) is 2.02. The van der Waals surface area contributed by atoms with Gasteiger partial charge in [-0.25, -0.2) is 0 Å². The number of para-hydroxylation sites is 1. The van der Waals surface area contributed by atoms with E-state index in [0.29, 0.717) is 0 Å². The molecule has 1 fully saturated rings. The maximum absolute atomic E-state index is 5.50. The summed E-state index contributed by atoms with van der Waals surface area (Å²) in [6.45, 7) is 5.23. The van der Waals surface area contributed by atoms with Crippen LogP contribution in [0.3, 0.4) is 0 Å². The maximum atomic E-state index is 5.50. The van der Waals surface area contributed by atoms with Crippen molar-refractivity contribution in [3.05, 3.63) is 30.5 Å². The molecule has 17 heavy (non-hydrogen) atoms. The molecule has 4 nitrogen and oxygen atoms in total. The van der Waals surface area contributed by atoms with Crippen LogP contribution in [0, 0.1) is 0 Å². The van der Waals surface area contributed by atoms with Crippen molar-refractivity contribution >= 4 is 16.7 Å². The van der Waals surface area contributed by atoms with Crippen LogP contribution in [0.1, 0.15) is 0 Å². The Balaban J connectivity index is 1.68. The predicted molar refractivity (Wildman–Crippen MR) is 69.1 cm³/mol. The summed E-state index contributed by atoms with van der Waals surface area (Å²) < 4.78 is 5.50.